The summed E-state index contributed by atoms with van der Waals surface area (Å²) in [6.07, 6.45) is 1.64. The topological polar surface area (TPSA) is 107 Å². The fourth-order valence-corrected chi connectivity index (χ4v) is 6.40. The number of hydrogen-bond acceptors (Lipinski definition) is 7. The van der Waals surface area contributed by atoms with Gasteiger partial charge in [-0.05, 0) is 56.2 Å². The highest BCUT2D eigenvalue weighted by atomic mass is 32.1. The summed E-state index contributed by atoms with van der Waals surface area (Å²) in [6, 6.07) is 15.7. The second-order valence-electron chi connectivity index (χ2n) is 9.76. The summed E-state index contributed by atoms with van der Waals surface area (Å²) >= 11 is 1.19. The Kier molecular flexibility index (Phi) is 7.59. The van der Waals surface area contributed by atoms with Gasteiger partial charge >= 0.3 is 0 Å². The number of carbonyl (C=O) groups is 1. The molecule has 9 nitrogen and oxygen atoms in total. The summed E-state index contributed by atoms with van der Waals surface area (Å²) in [5.74, 6) is 0.358. The SMILES string of the molecule is CCN(CC)C(=O)C1=C(C)N=c2s/c(=C\c3ccc(C)c([N+](=O)[O-])c3)c(=O)n2[C@@H]1c1c(OC)ccc2ccccc12. The number of benzene rings is 3. The van der Waals surface area contributed by atoms with E-state index in [1.807, 2.05) is 50.2 Å². The molecule has 0 saturated heterocycles. The van der Waals surface area contributed by atoms with E-state index in [9.17, 15) is 19.7 Å². The van der Waals surface area contributed by atoms with Crippen LogP contribution in [0.5, 0.6) is 5.75 Å². The van der Waals surface area contributed by atoms with Crippen molar-refractivity contribution in [3.8, 4) is 5.75 Å². The number of thiazole rings is 1. The molecular formula is C31H30N4O5S. The van der Waals surface area contributed by atoms with E-state index in [0.29, 0.717) is 56.1 Å². The largest absolute Gasteiger partial charge is 0.496 e. The number of amides is 1. The number of nitrogens with zero attached hydrogens (tertiary/aromatic N) is 4. The number of allylic oxidation sites excluding steroid dienone is 1. The van der Waals surface area contributed by atoms with E-state index >= 15 is 0 Å². The number of rotatable bonds is 7. The van der Waals surface area contributed by atoms with Gasteiger partial charge in [0.15, 0.2) is 4.80 Å². The highest BCUT2D eigenvalue weighted by Crippen LogP contribution is 2.40. The highest BCUT2D eigenvalue weighted by Gasteiger charge is 2.36. The van der Waals surface area contributed by atoms with Crippen LogP contribution in [0.4, 0.5) is 5.69 Å². The standard InChI is InChI=1S/C31H30N4O5S/c1-6-33(7-2)30(37)26-19(4)32-31-34(28(26)27-22-11-9-8-10-21(22)14-15-24(27)40-5)29(36)25(41-31)17-20-13-12-18(3)23(16-20)35(38)39/h8-17,28H,6-7H2,1-5H3/b25-17-/t28-/m0/s1. The van der Waals surface area contributed by atoms with Crippen LogP contribution < -0.4 is 19.6 Å². The Bertz CT molecular complexity index is 1920. The van der Waals surface area contributed by atoms with E-state index in [0.717, 1.165) is 10.8 Å². The van der Waals surface area contributed by atoms with E-state index in [1.165, 1.54) is 17.4 Å². The quantitative estimate of drug-likeness (QED) is 0.241. The third kappa shape index (κ3) is 4.84. The molecule has 5 rings (SSSR count). The average molecular weight is 571 g/mol. The number of ether oxygens (including phenoxy) is 1. The van der Waals surface area contributed by atoms with Crippen molar-refractivity contribution in [1.29, 1.82) is 0 Å². The summed E-state index contributed by atoms with van der Waals surface area (Å²) in [5, 5.41) is 13.3. The molecule has 4 aromatic rings. The predicted octanol–water partition coefficient (Wildman–Crippen LogP) is 4.48. The normalized spacial score (nSPS) is 15.0. The van der Waals surface area contributed by atoms with Gasteiger partial charge in [-0.3, -0.25) is 24.3 Å². The summed E-state index contributed by atoms with van der Waals surface area (Å²) in [7, 11) is 1.57. The number of nitro groups is 1. The number of fused-ring (bicyclic) bond motifs is 2. The van der Waals surface area contributed by atoms with Gasteiger partial charge in [0.25, 0.3) is 17.2 Å². The van der Waals surface area contributed by atoms with Crippen molar-refractivity contribution >= 4 is 39.8 Å². The second kappa shape index (κ2) is 11.1. The molecule has 210 valence electrons. The summed E-state index contributed by atoms with van der Waals surface area (Å²) in [6.45, 7) is 8.30. The maximum atomic E-state index is 14.2. The van der Waals surface area contributed by atoms with Crippen molar-refractivity contribution in [3.05, 3.63) is 112 Å². The maximum absolute atomic E-state index is 14.2. The molecule has 10 heteroatoms. The van der Waals surface area contributed by atoms with Crippen molar-refractivity contribution in [2.45, 2.75) is 33.7 Å². The van der Waals surface area contributed by atoms with E-state index in [2.05, 4.69) is 0 Å². The van der Waals surface area contributed by atoms with Gasteiger partial charge in [0.2, 0.25) is 0 Å². The Balaban J connectivity index is 1.84. The van der Waals surface area contributed by atoms with Gasteiger partial charge in [-0.1, -0.05) is 53.8 Å². The third-order valence-electron chi connectivity index (χ3n) is 7.45. The van der Waals surface area contributed by atoms with E-state index in [-0.39, 0.29) is 17.2 Å². The third-order valence-corrected chi connectivity index (χ3v) is 8.44. The lowest BCUT2D eigenvalue weighted by Crippen LogP contribution is -2.43. The Morgan fingerprint density at radius 2 is 1.88 bits per heavy atom. The molecule has 3 aromatic carbocycles. The van der Waals surface area contributed by atoms with Gasteiger partial charge in [-0.2, -0.15) is 0 Å². The van der Waals surface area contributed by atoms with Crippen LogP contribution in [0.2, 0.25) is 0 Å². The first kappa shape index (κ1) is 28.0. The van der Waals surface area contributed by atoms with E-state index < -0.39 is 11.0 Å². The monoisotopic (exact) mass is 570 g/mol. The molecule has 0 radical (unpaired) electrons. The first-order chi connectivity index (χ1) is 19.7. The fourth-order valence-electron chi connectivity index (χ4n) is 5.35. The molecule has 0 aliphatic carbocycles. The van der Waals surface area contributed by atoms with Crippen LogP contribution in [0.15, 0.2) is 75.7 Å². The van der Waals surface area contributed by atoms with Gasteiger partial charge < -0.3 is 9.64 Å². The molecule has 0 fully saturated rings. The fraction of sp³-hybridized carbons (Fsp3) is 0.258. The van der Waals surface area contributed by atoms with Crippen LogP contribution in [0, 0.1) is 17.0 Å². The molecule has 0 unspecified atom stereocenters. The number of nitro benzene ring substituents is 1. The zero-order chi connectivity index (χ0) is 29.4. The zero-order valence-corrected chi connectivity index (χ0v) is 24.3. The van der Waals surface area contributed by atoms with Crippen LogP contribution in [0.1, 0.15) is 43.5 Å². The van der Waals surface area contributed by atoms with Gasteiger partial charge in [0, 0.05) is 30.3 Å². The first-order valence-electron chi connectivity index (χ1n) is 13.3. The Labute approximate surface area is 240 Å². The number of carbonyl (C=O) groups excluding carboxylic acids is 1. The number of methoxy groups -OCH3 is 1. The van der Waals surface area contributed by atoms with Crippen molar-refractivity contribution in [2.75, 3.05) is 20.2 Å². The number of aryl methyl sites for hydroxylation is 1. The Morgan fingerprint density at radius 1 is 1.15 bits per heavy atom. The first-order valence-corrected chi connectivity index (χ1v) is 14.1. The van der Waals surface area contributed by atoms with Crippen LogP contribution >= 0.6 is 11.3 Å². The molecule has 0 bridgehead atoms. The zero-order valence-electron chi connectivity index (χ0n) is 23.5. The number of likely N-dealkylation sites (N-methyl/N-ethyl adjacent to an activating group) is 1. The molecule has 0 N–H and O–H groups in total. The van der Waals surface area contributed by atoms with Crippen molar-refractivity contribution in [2.24, 2.45) is 4.99 Å². The molecule has 0 saturated carbocycles. The van der Waals surface area contributed by atoms with Gasteiger partial charge in [0.1, 0.15) is 11.8 Å². The van der Waals surface area contributed by atoms with Crippen molar-refractivity contribution in [1.82, 2.24) is 9.47 Å². The van der Waals surface area contributed by atoms with Crippen LogP contribution in [0.25, 0.3) is 16.8 Å². The maximum Gasteiger partial charge on any atom is 0.272 e. The molecule has 1 aliphatic rings. The summed E-state index contributed by atoms with van der Waals surface area (Å²) in [4.78, 5) is 46.2. The Hall–Kier alpha value is -4.57. The average Bonchev–Trinajstić information content (AvgIpc) is 3.26. The van der Waals surface area contributed by atoms with E-state index in [1.54, 1.807) is 48.6 Å². The minimum atomic E-state index is -0.796. The highest BCUT2D eigenvalue weighted by molar-refractivity contribution is 7.07. The minimum Gasteiger partial charge on any atom is -0.496 e. The summed E-state index contributed by atoms with van der Waals surface area (Å²) < 4.78 is 7.75. The molecule has 1 aliphatic heterocycles. The molecule has 41 heavy (non-hydrogen) atoms. The molecule has 0 spiro atoms. The number of hydrogen-bond donors (Lipinski definition) is 0. The predicted molar refractivity (Wildman–Crippen MR) is 160 cm³/mol. The van der Waals surface area contributed by atoms with Gasteiger partial charge in [0.05, 0.1) is 27.8 Å². The Morgan fingerprint density at radius 3 is 2.56 bits per heavy atom. The van der Waals surface area contributed by atoms with Gasteiger partial charge in [-0.15, -0.1) is 0 Å². The van der Waals surface area contributed by atoms with Crippen molar-refractivity contribution < 1.29 is 14.5 Å². The lowest BCUT2D eigenvalue weighted by Gasteiger charge is -2.30. The molecular weight excluding hydrogens is 540 g/mol. The lowest BCUT2D eigenvalue weighted by molar-refractivity contribution is -0.385. The number of aromatic nitrogens is 1. The second-order valence-corrected chi connectivity index (χ2v) is 10.8. The lowest BCUT2D eigenvalue weighted by atomic mass is 9.90. The van der Waals surface area contributed by atoms with Crippen LogP contribution in [-0.4, -0.2) is 40.5 Å². The smallest absolute Gasteiger partial charge is 0.272 e. The molecule has 2 heterocycles. The molecule has 1 amide bonds. The summed E-state index contributed by atoms with van der Waals surface area (Å²) in [5.41, 5.74) is 2.35. The van der Waals surface area contributed by atoms with Crippen LogP contribution in [-0.2, 0) is 4.79 Å². The van der Waals surface area contributed by atoms with E-state index in [4.69, 9.17) is 9.73 Å². The molecule has 1 aromatic heterocycles. The minimum absolute atomic E-state index is 0.0205. The van der Waals surface area contributed by atoms with Gasteiger partial charge in [-0.25, -0.2) is 4.99 Å². The van der Waals surface area contributed by atoms with Crippen LogP contribution in [0.3, 0.4) is 0 Å². The molecule has 1 atom stereocenters. The van der Waals surface area contributed by atoms with Crippen molar-refractivity contribution in [3.63, 3.8) is 0 Å².